The van der Waals surface area contributed by atoms with E-state index in [9.17, 15) is 5.21 Å². The van der Waals surface area contributed by atoms with E-state index in [1.54, 1.807) is 7.11 Å². The van der Waals surface area contributed by atoms with E-state index in [0.29, 0.717) is 5.92 Å². The van der Waals surface area contributed by atoms with Gasteiger partial charge in [0.25, 0.3) is 0 Å². The molecule has 3 nitrogen and oxygen atoms in total. The molecule has 0 aliphatic heterocycles. The van der Waals surface area contributed by atoms with E-state index in [0.717, 1.165) is 29.9 Å². The molecule has 0 radical (unpaired) electrons. The third-order valence-electron chi connectivity index (χ3n) is 4.57. The topological polar surface area (TPSA) is 41.8 Å². The van der Waals surface area contributed by atoms with Gasteiger partial charge in [0.2, 0.25) is 0 Å². The molecule has 0 unspecified atom stereocenters. The van der Waals surface area contributed by atoms with Gasteiger partial charge in [-0.2, -0.15) is 0 Å². The van der Waals surface area contributed by atoms with Gasteiger partial charge in [-0.05, 0) is 49.3 Å². The zero-order chi connectivity index (χ0) is 13.9. The Bertz CT molecular complexity index is 554. The predicted molar refractivity (Wildman–Crippen MR) is 80.3 cm³/mol. The molecule has 20 heavy (non-hydrogen) atoms. The average Bonchev–Trinajstić information content (AvgIpc) is 3.15. The Morgan fingerprint density at radius 1 is 1.20 bits per heavy atom. The smallest absolute Gasteiger partial charge is 0.119 e. The largest absolute Gasteiger partial charge is 0.497 e. The lowest BCUT2D eigenvalue weighted by molar-refractivity contribution is 0.319. The molecule has 1 fully saturated rings. The molecule has 3 rings (SSSR count). The second-order valence-electron chi connectivity index (χ2n) is 5.66. The summed E-state index contributed by atoms with van der Waals surface area (Å²) in [6, 6.07) is 8.08. The van der Waals surface area contributed by atoms with Gasteiger partial charge < -0.3 is 9.94 Å². The summed E-state index contributed by atoms with van der Waals surface area (Å²) in [5, 5.41) is 12.8. The first kappa shape index (κ1) is 13.2. The van der Waals surface area contributed by atoms with Crippen molar-refractivity contribution in [3.05, 3.63) is 35.4 Å². The standard InChI is InChI=1S/C17H21NO2/c1-20-14-8-4-7-13(11-14)17-15(9-10-16(17)18-19)12-5-2-3-6-12/h4,7-8,11-12,19H,2-3,5-6,9-10H2,1H3/b18-16+. The van der Waals surface area contributed by atoms with Gasteiger partial charge in [0.05, 0.1) is 12.8 Å². The average molecular weight is 271 g/mol. The molecule has 2 aliphatic carbocycles. The second kappa shape index (κ2) is 5.70. The Hall–Kier alpha value is -1.77. The van der Waals surface area contributed by atoms with Crippen molar-refractivity contribution in [1.82, 2.24) is 0 Å². The number of oxime groups is 1. The molecule has 1 N–H and O–H groups in total. The van der Waals surface area contributed by atoms with Gasteiger partial charge in [0.15, 0.2) is 0 Å². The molecule has 106 valence electrons. The van der Waals surface area contributed by atoms with Crippen molar-refractivity contribution < 1.29 is 9.94 Å². The Morgan fingerprint density at radius 3 is 2.70 bits per heavy atom. The second-order valence-corrected chi connectivity index (χ2v) is 5.66. The summed E-state index contributed by atoms with van der Waals surface area (Å²) in [5.41, 5.74) is 4.61. The molecule has 3 heteroatoms. The van der Waals surface area contributed by atoms with Gasteiger partial charge in [-0.25, -0.2) is 0 Å². The van der Waals surface area contributed by atoms with Crippen LogP contribution in [0.5, 0.6) is 5.75 Å². The van der Waals surface area contributed by atoms with Crippen LogP contribution in [0.25, 0.3) is 5.57 Å². The molecule has 1 aromatic carbocycles. The van der Waals surface area contributed by atoms with Crippen molar-refractivity contribution in [3.8, 4) is 5.75 Å². The Balaban J connectivity index is 2.05. The first-order valence-electron chi connectivity index (χ1n) is 7.42. The molecule has 0 saturated heterocycles. The minimum absolute atomic E-state index is 0.676. The van der Waals surface area contributed by atoms with E-state index in [1.165, 1.54) is 36.8 Å². The van der Waals surface area contributed by atoms with Gasteiger partial charge >= 0.3 is 0 Å². The van der Waals surface area contributed by atoms with Crippen molar-refractivity contribution in [2.45, 2.75) is 38.5 Å². The Morgan fingerprint density at radius 2 is 2.00 bits per heavy atom. The molecule has 1 aromatic rings. The number of hydrogen-bond acceptors (Lipinski definition) is 3. The highest BCUT2D eigenvalue weighted by atomic mass is 16.5. The summed E-state index contributed by atoms with van der Waals surface area (Å²) in [5.74, 6) is 1.53. The lowest BCUT2D eigenvalue weighted by Gasteiger charge is -2.14. The maximum absolute atomic E-state index is 9.31. The summed E-state index contributed by atoms with van der Waals surface area (Å²) >= 11 is 0. The number of benzene rings is 1. The fourth-order valence-corrected chi connectivity index (χ4v) is 3.60. The summed E-state index contributed by atoms with van der Waals surface area (Å²) < 4.78 is 5.32. The van der Waals surface area contributed by atoms with E-state index in [1.807, 2.05) is 18.2 Å². The highest BCUT2D eigenvalue weighted by Gasteiger charge is 2.30. The summed E-state index contributed by atoms with van der Waals surface area (Å²) in [4.78, 5) is 0. The number of hydrogen-bond donors (Lipinski definition) is 1. The maximum atomic E-state index is 9.31. The van der Waals surface area contributed by atoms with E-state index >= 15 is 0 Å². The van der Waals surface area contributed by atoms with Crippen LogP contribution in [0.15, 0.2) is 35.0 Å². The SMILES string of the molecule is COc1cccc(C2=C(C3CCCC3)CC/C2=N\O)c1. The van der Waals surface area contributed by atoms with Crippen molar-refractivity contribution in [2.24, 2.45) is 11.1 Å². The first-order chi connectivity index (χ1) is 9.83. The summed E-state index contributed by atoms with van der Waals surface area (Å²) in [6.45, 7) is 0. The van der Waals surface area contributed by atoms with E-state index < -0.39 is 0 Å². The highest BCUT2D eigenvalue weighted by molar-refractivity contribution is 6.26. The van der Waals surface area contributed by atoms with Crippen molar-refractivity contribution in [2.75, 3.05) is 7.11 Å². The molecule has 0 aromatic heterocycles. The molecular weight excluding hydrogens is 250 g/mol. The third kappa shape index (κ3) is 2.33. The van der Waals surface area contributed by atoms with Gasteiger partial charge in [0, 0.05) is 5.57 Å². The minimum Gasteiger partial charge on any atom is -0.497 e. The molecule has 2 aliphatic rings. The van der Waals surface area contributed by atoms with Crippen LogP contribution in [0.4, 0.5) is 0 Å². The zero-order valence-corrected chi connectivity index (χ0v) is 11.9. The van der Waals surface area contributed by atoms with Crippen LogP contribution in [0.3, 0.4) is 0 Å². The van der Waals surface area contributed by atoms with E-state index in [2.05, 4.69) is 11.2 Å². The molecular formula is C17H21NO2. The van der Waals surface area contributed by atoms with Crippen LogP contribution in [0.1, 0.15) is 44.1 Å². The molecule has 1 saturated carbocycles. The van der Waals surface area contributed by atoms with Crippen LogP contribution < -0.4 is 4.74 Å². The number of rotatable bonds is 3. The van der Waals surface area contributed by atoms with Gasteiger partial charge in [-0.1, -0.05) is 35.7 Å². The molecule has 0 bridgehead atoms. The zero-order valence-electron chi connectivity index (χ0n) is 11.9. The Labute approximate surface area is 120 Å². The maximum Gasteiger partial charge on any atom is 0.119 e. The van der Waals surface area contributed by atoms with Crippen LogP contribution in [-0.4, -0.2) is 18.0 Å². The normalized spacial score (nSPS) is 21.9. The highest BCUT2D eigenvalue weighted by Crippen LogP contribution is 2.42. The van der Waals surface area contributed by atoms with Crippen LogP contribution in [0.2, 0.25) is 0 Å². The number of methoxy groups -OCH3 is 1. The predicted octanol–water partition coefficient (Wildman–Crippen LogP) is 4.26. The molecule has 0 amide bonds. The fourth-order valence-electron chi connectivity index (χ4n) is 3.60. The van der Waals surface area contributed by atoms with Crippen LogP contribution >= 0.6 is 0 Å². The lowest BCUT2D eigenvalue weighted by atomic mass is 9.91. The monoisotopic (exact) mass is 271 g/mol. The van der Waals surface area contributed by atoms with E-state index in [-0.39, 0.29) is 0 Å². The van der Waals surface area contributed by atoms with Crippen molar-refractivity contribution in [1.29, 1.82) is 0 Å². The van der Waals surface area contributed by atoms with Gasteiger partial charge in [-0.15, -0.1) is 0 Å². The molecule has 0 heterocycles. The quantitative estimate of drug-likeness (QED) is 0.659. The number of nitrogens with zero attached hydrogens (tertiary/aromatic N) is 1. The number of ether oxygens (including phenoxy) is 1. The molecule has 0 spiro atoms. The lowest BCUT2D eigenvalue weighted by Crippen LogP contribution is -2.02. The fraction of sp³-hybridized carbons (Fsp3) is 0.471. The third-order valence-corrected chi connectivity index (χ3v) is 4.57. The number of allylic oxidation sites excluding steroid dienone is 2. The Kier molecular flexibility index (Phi) is 3.77. The van der Waals surface area contributed by atoms with Gasteiger partial charge in [-0.3, -0.25) is 0 Å². The summed E-state index contributed by atoms with van der Waals surface area (Å²) in [7, 11) is 1.68. The molecule has 0 atom stereocenters. The van der Waals surface area contributed by atoms with E-state index in [4.69, 9.17) is 4.74 Å². The first-order valence-corrected chi connectivity index (χ1v) is 7.42. The summed E-state index contributed by atoms with van der Waals surface area (Å²) in [6.07, 6.45) is 7.10. The van der Waals surface area contributed by atoms with Crippen LogP contribution in [-0.2, 0) is 0 Å². The van der Waals surface area contributed by atoms with Crippen LogP contribution in [0, 0.1) is 5.92 Å². The van der Waals surface area contributed by atoms with Gasteiger partial charge in [0.1, 0.15) is 5.75 Å². The minimum atomic E-state index is 0.676. The van der Waals surface area contributed by atoms with Crippen molar-refractivity contribution in [3.63, 3.8) is 0 Å². The van der Waals surface area contributed by atoms with Crippen molar-refractivity contribution >= 4 is 11.3 Å².